The lowest BCUT2D eigenvalue weighted by Crippen LogP contribution is -2.28. The molecule has 0 saturated carbocycles. The zero-order valence-corrected chi connectivity index (χ0v) is 16.9. The van der Waals surface area contributed by atoms with Gasteiger partial charge in [-0.2, -0.15) is 0 Å². The Morgan fingerprint density at radius 2 is 1.77 bits per heavy atom. The van der Waals surface area contributed by atoms with E-state index in [1.54, 1.807) is 48.5 Å². The summed E-state index contributed by atoms with van der Waals surface area (Å²) in [5.41, 5.74) is 1.71. The molecular weight excluding hydrogens is 410 g/mol. The third-order valence-electron chi connectivity index (χ3n) is 4.41. The second kappa shape index (κ2) is 9.41. The van der Waals surface area contributed by atoms with E-state index in [9.17, 15) is 19.2 Å². The van der Waals surface area contributed by atoms with E-state index in [0.29, 0.717) is 22.1 Å². The maximum Gasteiger partial charge on any atom is 0.311 e. The summed E-state index contributed by atoms with van der Waals surface area (Å²) >= 11 is 5.96. The Kier molecular flexibility index (Phi) is 6.68. The largest absolute Gasteiger partial charge is 0.455 e. The Labute approximate surface area is 178 Å². The van der Waals surface area contributed by atoms with E-state index in [2.05, 4.69) is 10.6 Å². The first-order valence-electron chi connectivity index (χ1n) is 9.22. The molecule has 1 heterocycles. The van der Waals surface area contributed by atoms with Crippen LogP contribution >= 0.6 is 11.6 Å². The van der Waals surface area contributed by atoms with Crippen molar-refractivity contribution in [1.82, 2.24) is 0 Å². The Balaban J connectivity index is 1.49. The summed E-state index contributed by atoms with van der Waals surface area (Å²) < 4.78 is 5.08. The van der Waals surface area contributed by atoms with Crippen LogP contribution in [0.3, 0.4) is 0 Å². The number of amides is 3. The highest BCUT2D eigenvalue weighted by Crippen LogP contribution is 2.27. The molecule has 2 N–H and O–H groups in total. The predicted molar refractivity (Wildman–Crippen MR) is 112 cm³/mol. The molecule has 3 rings (SSSR count). The van der Waals surface area contributed by atoms with Crippen LogP contribution in [0.4, 0.5) is 17.1 Å². The molecule has 156 valence electrons. The fourth-order valence-corrected chi connectivity index (χ4v) is 3.24. The molecule has 1 atom stereocenters. The number of hydrogen-bond acceptors (Lipinski definition) is 5. The van der Waals surface area contributed by atoms with E-state index < -0.39 is 24.4 Å². The van der Waals surface area contributed by atoms with Crippen molar-refractivity contribution in [2.45, 2.75) is 13.3 Å². The van der Waals surface area contributed by atoms with Crippen LogP contribution in [-0.4, -0.2) is 36.8 Å². The molecule has 9 heteroatoms. The lowest BCUT2D eigenvalue weighted by atomic mass is 10.1. The van der Waals surface area contributed by atoms with Gasteiger partial charge in [-0.3, -0.25) is 19.2 Å². The minimum absolute atomic E-state index is 0.0115. The van der Waals surface area contributed by atoms with Crippen LogP contribution in [0.5, 0.6) is 0 Å². The first-order chi connectivity index (χ1) is 14.3. The first-order valence-corrected chi connectivity index (χ1v) is 9.59. The summed E-state index contributed by atoms with van der Waals surface area (Å²) in [7, 11) is 0. The summed E-state index contributed by atoms with van der Waals surface area (Å²) in [4.78, 5) is 49.1. The smallest absolute Gasteiger partial charge is 0.311 e. The number of rotatable bonds is 6. The number of ether oxygens (including phenoxy) is 1. The van der Waals surface area contributed by atoms with Gasteiger partial charge in [-0.05, 0) is 42.5 Å². The fraction of sp³-hybridized carbons (Fsp3) is 0.238. The summed E-state index contributed by atoms with van der Waals surface area (Å²) in [5, 5.41) is 5.71. The number of carbonyl (C=O) groups is 4. The minimum Gasteiger partial charge on any atom is -0.455 e. The predicted octanol–water partition coefficient (Wildman–Crippen LogP) is 2.83. The third kappa shape index (κ3) is 5.57. The molecule has 0 unspecified atom stereocenters. The van der Waals surface area contributed by atoms with Gasteiger partial charge >= 0.3 is 5.97 Å². The molecule has 1 saturated heterocycles. The van der Waals surface area contributed by atoms with Gasteiger partial charge in [0.05, 0.1) is 5.92 Å². The summed E-state index contributed by atoms with van der Waals surface area (Å²) in [6, 6.07) is 13.3. The molecule has 1 fully saturated rings. The SMILES string of the molecule is CC(=O)Nc1ccc(NC(=O)COC(=O)[C@H]2CC(=O)N(c3cccc(Cl)c3)C2)cc1. The van der Waals surface area contributed by atoms with Gasteiger partial charge in [0.25, 0.3) is 5.91 Å². The van der Waals surface area contributed by atoms with E-state index in [-0.39, 0.29) is 24.8 Å². The lowest BCUT2D eigenvalue weighted by molar-refractivity contribution is -0.151. The third-order valence-corrected chi connectivity index (χ3v) is 4.65. The van der Waals surface area contributed by atoms with Gasteiger partial charge in [0.2, 0.25) is 11.8 Å². The standard InChI is InChI=1S/C21H20ClN3O5/c1-13(26)23-16-5-7-17(8-6-16)24-19(27)12-30-21(29)14-9-20(28)25(11-14)18-4-2-3-15(22)10-18/h2-8,10,14H,9,11-12H2,1H3,(H,23,26)(H,24,27)/t14-/m0/s1. The van der Waals surface area contributed by atoms with Gasteiger partial charge in [-0.1, -0.05) is 17.7 Å². The molecule has 0 aliphatic carbocycles. The van der Waals surface area contributed by atoms with E-state index in [1.807, 2.05) is 0 Å². The number of anilines is 3. The average Bonchev–Trinajstić information content (AvgIpc) is 3.09. The second-order valence-electron chi connectivity index (χ2n) is 6.80. The molecule has 0 aromatic heterocycles. The lowest BCUT2D eigenvalue weighted by Gasteiger charge is -2.16. The molecule has 1 aliphatic rings. The van der Waals surface area contributed by atoms with Crippen LogP contribution < -0.4 is 15.5 Å². The van der Waals surface area contributed by atoms with Gasteiger partial charge in [-0.25, -0.2) is 0 Å². The zero-order chi connectivity index (χ0) is 21.7. The molecule has 0 spiro atoms. The number of carbonyl (C=O) groups excluding carboxylic acids is 4. The van der Waals surface area contributed by atoms with Crippen molar-refractivity contribution >= 4 is 52.4 Å². The van der Waals surface area contributed by atoms with Gasteiger partial charge < -0.3 is 20.3 Å². The monoisotopic (exact) mass is 429 g/mol. The van der Waals surface area contributed by atoms with Crippen LogP contribution in [0, 0.1) is 5.92 Å². The molecule has 0 bridgehead atoms. The summed E-state index contributed by atoms with van der Waals surface area (Å²) in [6.45, 7) is 1.11. The number of halogens is 1. The van der Waals surface area contributed by atoms with Crippen LogP contribution in [0.25, 0.3) is 0 Å². The van der Waals surface area contributed by atoms with Crippen molar-refractivity contribution in [2.75, 3.05) is 28.7 Å². The van der Waals surface area contributed by atoms with E-state index in [1.165, 1.54) is 11.8 Å². The second-order valence-corrected chi connectivity index (χ2v) is 7.24. The zero-order valence-electron chi connectivity index (χ0n) is 16.2. The molecule has 3 amide bonds. The number of benzene rings is 2. The van der Waals surface area contributed by atoms with Crippen LogP contribution in [0.15, 0.2) is 48.5 Å². The molecule has 2 aromatic carbocycles. The number of hydrogen-bond donors (Lipinski definition) is 2. The maximum absolute atomic E-state index is 12.3. The maximum atomic E-state index is 12.3. The molecule has 0 radical (unpaired) electrons. The van der Waals surface area contributed by atoms with Crippen LogP contribution in [-0.2, 0) is 23.9 Å². The molecule has 1 aliphatic heterocycles. The molecule has 30 heavy (non-hydrogen) atoms. The summed E-state index contributed by atoms with van der Waals surface area (Å²) in [5.74, 6) is -2.17. The number of nitrogens with zero attached hydrogens (tertiary/aromatic N) is 1. The van der Waals surface area contributed by atoms with Gasteiger partial charge in [0.1, 0.15) is 0 Å². The summed E-state index contributed by atoms with van der Waals surface area (Å²) in [6.07, 6.45) is 0.0115. The first kappa shape index (κ1) is 21.3. The van der Waals surface area contributed by atoms with E-state index in [4.69, 9.17) is 16.3 Å². The van der Waals surface area contributed by atoms with Crippen molar-refractivity contribution in [3.05, 3.63) is 53.6 Å². The number of nitrogens with one attached hydrogen (secondary N) is 2. The molecule has 2 aromatic rings. The Morgan fingerprint density at radius 3 is 2.40 bits per heavy atom. The van der Waals surface area contributed by atoms with Crippen LogP contribution in [0.1, 0.15) is 13.3 Å². The quantitative estimate of drug-likeness (QED) is 0.687. The minimum atomic E-state index is -0.652. The molecular formula is C21H20ClN3O5. The fourth-order valence-electron chi connectivity index (χ4n) is 3.05. The van der Waals surface area contributed by atoms with Crippen molar-refractivity contribution in [3.63, 3.8) is 0 Å². The number of esters is 1. The topological polar surface area (TPSA) is 105 Å². The van der Waals surface area contributed by atoms with Gasteiger partial charge in [0.15, 0.2) is 6.61 Å². The average molecular weight is 430 g/mol. The van der Waals surface area contributed by atoms with E-state index >= 15 is 0 Å². The Hall–Kier alpha value is -3.39. The van der Waals surface area contributed by atoms with Crippen molar-refractivity contribution < 1.29 is 23.9 Å². The van der Waals surface area contributed by atoms with Gasteiger partial charge in [0, 0.05) is 42.0 Å². The highest BCUT2D eigenvalue weighted by Gasteiger charge is 2.36. The highest BCUT2D eigenvalue weighted by atomic mass is 35.5. The van der Waals surface area contributed by atoms with Crippen molar-refractivity contribution in [1.29, 1.82) is 0 Å². The van der Waals surface area contributed by atoms with Crippen LogP contribution in [0.2, 0.25) is 5.02 Å². The van der Waals surface area contributed by atoms with E-state index in [0.717, 1.165) is 0 Å². The van der Waals surface area contributed by atoms with Crippen molar-refractivity contribution in [2.24, 2.45) is 5.92 Å². The van der Waals surface area contributed by atoms with Crippen molar-refractivity contribution in [3.8, 4) is 0 Å². The molecule has 8 nitrogen and oxygen atoms in total. The Morgan fingerprint density at radius 1 is 1.10 bits per heavy atom. The normalized spacial score (nSPS) is 15.6. The van der Waals surface area contributed by atoms with Gasteiger partial charge in [-0.15, -0.1) is 0 Å². The Bertz CT molecular complexity index is 977. The highest BCUT2D eigenvalue weighted by molar-refractivity contribution is 6.31.